The van der Waals surface area contributed by atoms with Crippen molar-refractivity contribution < 1.29 is 14.6 Å². The van der Waals surface area contributed by atoms with Gasteiger partial charge in [0.1, 0.15) is 0 Å². The summed E-state index contributed by atoms with van der Waals surface area (Å²) in [6.07, 6.45) is 2.68. The molecule has 0 bridgehead atoms. The number of para-hydroxylation sites is 1. The Morgan fingerprint density at radius 2 is 2.08 bits per heavy atom. The van der Waals surface area contributed by atoms with Crippen molar-refractivity contribution >= 4 is 16.8 Å². The Morgan fingerprint density at radius 3 is 2.84 bits per heavy atom. The molecule has 1 N–H and O–H groups in total. The fraction of sp³-hybridized carbons (Fsp3) is 0.500. The molecule has 5 nitrogen and oxygen atoms in total. The highest BCUT2D eigenvalue weighted by Gasteiger charge is 2.44. The van der Waals surface area contributed by atoms with E-state index in [1.165, 1.54) is 0 Å². The quantitative estimate of drug-likeness (QED) is 0.867. The van der Waals surface area contributed by atoms with Crippen LogP contribution in [0.1, 0.15) is 41.7 Å². The van der Waals surface area contributed by atoms with Crippen molar-refractivity contribution in [3.05, 3.63) is 41.6 Å². The van der Waals surface area contributed by atoms with Gasteiger partial charge in [0.25, 0.3) is 5.91 Å². The van der Waals surface area contributed by atoms with E-state index in [0.29, 0.717) is 38.1 Å². The van der Waals surface area contributed by atoms with E-state index in [2.05, 4.69) is 4.98 Å². The highest BCUT2D eigenvalue weighted by Crippen LogP contribution is 2.35. The molecule has 132 valence electrons. The van der Waals surface area contributed by atoms with Crippen LogP contribution in [-0.2, 0) is 4.74 Å². The standard InChI is InChI=1S/C20H24N2O3/c1-14-13-16(15-5-2-3-6-17(15)21-14)19(24)22-10-8-20(9-11-22)18(23)7-4-12-25-20/h2-3,5-6,13,18,23H,4,7-12H2,1H3. The predicted molar refractivity (Wildman–Crippen MR) is 95.5 cm³/mol. The van der Waals surface area contributed by atoms with E-state index in [1.807, 2.05) is 42.2 Å². The fourth-order valence-corrected chi connectivity index (χ4v) is 4.13. The van der Waals surface area contributed by atoms with Gasteiger partial charge in [0.05, 0.1) is 22.8 Å². The maximum absolute atomic E-state index is 13.1. The smallest absolute Gasteiger partial charge is 0.254 e. The third-order valence-corrected chi connectivity index (χ3v) is 5.59. The van der Waals surface area contributed by atoms with Crippen LogP contribution in [0.25, 0.3) is 10.9 Å². The van der Waals surface area contributed by atoms with Gasteiger partial charge in [-0.3, -0.25) is 9.78 Å². The van der Waals surface area contributed by atoms with Crippen molar-refractivity contribution in [3.8, 4) is 0 Å². The van der Waals surface area contributed by atoms with Crippen molar-refractivity contribution in [3.63, 3.8) is 0 Å². The topological polar surface area (TPSA) is 62.7 Å². The Bertz CT molecular complexity index is 797. The lowest BCUT2D eigenvalue weighted by molar-refractivity contribution is -0.174. The van der Waals surface area contributed by atoms with Gasteiger partial charge in [-0.2, -0.15) is 0 Å². The van der Waals surface area contributed by atoms with Crippen LogP contribution in [0, 0.1) is 6.92 Å². The number of aryl methyl sites for hydroxylation is 1. The van der Waals surface area contributed by atoms with Crippen molar-refractivity contribution in [2.24, 2.45) is 0 Å². The summed E-state index contributed by atoms with van der Waals surface area (Å²) in [4.78, 5) is 19.5. The number of carbonyl (C=O) groups excluding carboxylic acids is 1. The molecule has 3 heterocycles. The van der Waals surface area contributed by atoms with Gasteiger partial charge < -0.3 is 14.7 Å². The molecule has 1 spiro atoms. The largest absolute Gasteiger partial charge is 0.390 e. The number of hydrogen-bond donors (Lipinski definition) is 1. The Balaban J connectivity index is 1.57. The van der Waals surface area contributed by atoms with Gasteiger partial charge in [-0.25, -0.2) is 0 Å². The monoisotopic (exact) mass is 340 g/mol. The lowest BCUT2D eigenvalue weighted by Gasteiger charge is -2.46. The second-order valence-electron chi connectivity index (χ2n) is 7.19. The number of fused-ring (bicyclic) bond motifs is 1. The molecule has 2 aliphatic rings. The highest BCUT2D eigenvalue weighted by atomic mass is 16.5. The number of nitrogens with zero attached hydrogens (tertiary/aromatic N) is 2. The van der Waals surface area contributed by atoms with E-state index in [4.69, 9.17) is 4.74 Å². The predicted octanol–water partition coefficient (Wildman–Crippen LogP) is 2.69. The van der Waals surface area contributed by atoms with Crippen LogP contribution >= 0.6 is 0 Å². The number of rotatable bonds is 1. The van der Waals surface area contributed by atoms with E-state index in [1.54, 1.807) is 0 Å². The van der Waals surface area contributed by atoms with Gasteiger partial charge >= 0.3 is 0 Å². The van der Waals surface area contributed by atoms with Crippen LogP contribution in [0.5, 0.6) is 0 Å². The number of aliphatic hydroxyl groups excluding tert-OH is 1. The molecule has 1 aromatic heterocycles. The number of aliphatic hydroxyl groups is 1. The van der Waals surface area contributed by atoms with E-state index in [0.717, 1.165) is 29.4 Å². The van der Waals surface area contributed by atoms with Crippen LogP contribution in [0.2, 0.25) is 0 Å². The van der Waals surface area contributed by atoms with Crippen LogP contribution in [0.3, 0.4) is 0 Å². The van der Waals surface area contributed by atoms with Crippen LogP contribution in [0.15, 0.2) is 30.3 Å². The Hall–Kier alpha value is -1.98. The maximum Gasteiger partial charge on any atom is 0.254 e. The minimum Gasteiger partial charge on any atom is -0.390 e. The molecule has 2 aliphatic heterocycles. The Morgan fingerprint density at radius 1 is 1.32 bits per heavy atom. The van der Waals surface area contributed by atoms with Crippen molar-refractivity contribution in [2.75, 3.05) is 19.7 Å². The molecule has 1 aromatic carbocycles. The number of ether oxygens (including phenoxy) is 1. The molecule has 0 aliphatic carbocycles. The van der Waals surface area contributed by atoms with Gasteiger partial charge in [-0.1, -0.05) is 18.2 Å². The zero-order chi connectivity index (χ0) is 17.4. The summed E-state index contributed by atoms with van der Waals surface area (Å²) in [7, 11) is 0. The van der Waals surface area contributed by atoms with Crippen molar-refractivity contribution in [1.82, 2.24) is 9.88 Å². The highest BCUT2D eigenvalue weighted by molar-refractivity contribution is 6.06. The minimum absolute atomic E-state index is 0.0434. The molecule has 0 saturated carbocycles. The number of pyridine rings is 1. The molecule has 1 atom stereocenters. The number of piperidine rings is 1. The van der Waals surface area contributed by atoms with E-state index < -0.39 is 11.7 Å². The van der Waals surface area contributed by atoms with Crippen LogP contribution in [-0.4, -0.2) is 52.3 Å². The fourth-order valence-electron chi connectivity index (χ4n) is 4.13. The number of carbonyl (C=O) groups is 1. The van der Waals surface area contributed by atoms with Gasteiger partial charge in [0.15, 0.2) is 0 Å². The lowest BCUT2D eigenvalue weighted by atomic mass is 9.82. The number of amides is 1. The molecular weight excluding hydrogens is 316 g/mol. The molecule has 4 rings (SSSR count). The van der Waals surface area contributed by atoms with Gasteiger partial charge in [0.2, 0.25) is 0 Å². The summed E-state index contributed by atoms with van der Waals surface area (Å²) in [5, 5.41) is 11.3. The van der Waals surface area contributed by atoms with Gasteiger partial charge in [-0.15, -0.1) is 0 Å². The summed E-state index contributed by atoms with van der Waals surface area (Å²) in [6.45, 7) is 3.86. The first kappa shape index (κ1) is 16.5. The second kappa shape index (κ2) is 6.39. The second-order valence-corrected chi connectivity index (χ2v) is 7.19. The first-order chi connectivity index (χ1) is 12.1. The molecule has 0 radical (unpaired) electrons. The summed E-state index contributed by atoms with van der Waals surface area (Å²) in [5.74, 6) is 0.0434. The molecular formula is C20H24N2O3. The molecule has 2 aromatic rings. The minimum atomic E-state index is -0.453. The molecule has 1 unspecified atom stereocenters. The molecule has 25 heavy (non-hydrogen) atoms. The van der Waals surface area contributed by atoms with E-state index in [-0.39, 0.29) is 5.91 Å². The molecule has 2 fully saturated rings. The van der Waals surface area contributed by atoms with Crippen LogP contribution < -0.4 is 0 Å². The Labute approximate surface area is 147 Å². The number of hydrogen-bond acceptors (Lipinski definition) is 4. The van der Waals surface area contributed by atoms with Crippen LogP contribution in [0.4, 0.5) is 0 Å². The zero-order valence-electron chi connectivity index (χ0n) is 14.6. The van der Waals surface area contributed by atoms with Crippen molar-refractivity contribution in [2.45, 2.75) is 44.3 Å². The normalized spacial score (nSPS) is 23.1. The molecule has 1 amide bonds. The van der Waals surface area contributed by atoms with Gasteiger partial charge in [0, 0.05) is 30.8 Å². The average molecular weight is 340 g/mol. The maximum atomic E-state index is 13.1. The van der Waals surface area contributed by atoms with Crippen molar-refractivity contribution in [1.29, 1.82) is 0 Å². The first-order valence-electron chi connectivity index (χ1n) is 9.07. The number of aromatic nitrogens is 1. The summed E-state index contributed by atoms with van der Waals surface area (Å²) < 4.78 is 5.94. The molecule has 5 heteroatoms. The summed E-state index contributed by atoms with van der Waals surface area (Å²) in [6, 6.07) is 9.65. The summed E-state index contributed by atoms with van der Waals surface area (Å²) >= 11 is 0. The lowest BCUT2D eigenvalue weighted by Crippen LogP contribution is -2.56. The molecule has 2 saturated heterocycles. The third kappa shape index (κ3) is 2.92. The van der Waals surface area contributed by atoms with Gasteiger partial charge in [-0.05, 0) is 44.7 Å². The summed E-state index contributed by atoms with van der Waals surface area (Å²) in [5.41, 5.74) is 1.96. The Kier molecular flexibility index (Phi) is 4.21. The number of likely N-dealkylation sites (tertiary alicyclic amines) is 1. The van der Waals surface area contributed by atoms with E-state index in [9.17, 15) is 9.90 Å². The first-order valence-corrected chi connectivity index (χ1v) is 9.07. The van der Waals surface area contributed by atoms with E-state index >= 15 is 0 Å². The average Bonchev–Trinajstić information content (AvgIpc) is 2.63. The SMILES string of the molecule is Cc1cc(C(=O)N2CCC3(CC2)OCCCC3O)c2ccccc2n1. The zero-order valence-corrected chi connectivity index (χ0v) is 14.6. The third-order valence-electron chi connectivity index (χ3n) is 5.59. The number of benzene rings is 1.